The van der Waals surface area contributed by atoms with E-state index in [0.29, 0.717) is 5.02 Å². The Bertz CT molecular complexity index is 816. The number of rotatable bonds is 8. The molecule has 0 unspecified atom stereocenters. The van der Waals surface area contributed by atoms with Crippen molar-refractivity contribution < 1.29 is 32.6 Å². The molecule has 0 spiro atoms. The molecule has 0 radical (unpaired) electrons. The molecule has 6 nitrogen and oxygen atoms in total. The van der Waals surface area contributed by atoms with Gasteiger partial charge in [-0.1, -0.05) is 23.7 Å². The van der Waals surface area contributed by atoms with Crippen LogP contribution in [0.2, 0.25) is 5.02 Å². The van der Waals surface area contributed by atoms with Crippen LogP contribution in [0.3, 0.4) is 0 Å². The van der Waals surface area contributed by atoms with E-state index in [1.54, 1.807) is 24.3 Å². The SMILES string of the molecule is COc1cc(C(=O)OCC(=O)NCc2cccc(Cl)c2)ccc1OC(F)F. The second-order valence-corrected chi connectivity index (χ2v) is 5.66. The largest absolute Gasteiger partial charge is 0.493 e. The van der Waals surface area contributed by atoms with E-state index in [0.717, 1.165) is 11.6 Å². The molecule has 2 aromatic rings. The maximum atomic E-state index is 12.3. The molecule has 1 amide bonds. The molecular formula is C18H16ClF2NO5. The zero-order valence-corrected chi connectivity index (χ0v) is 15.0. The van der Waals surface area contributed by atoms with Crippen LogP contribution in [0.1, 0.15) is 15.9 Å². The van der Waals surface area contributed by atoms with Gasteiger partial charge in [0.15, 0.2) is 18.1 Å². The first-order valence-electron chi connectivity index (χ1n) is 7.70. The summed E-state index contributed by atoms with van der Waals surface area (Å²) in [5, 5.41) is 3.13. The van der Waals surface area contributed by atoms with Gasteiger partial charge in [0.05, 0.1) is 12.7 Å². The Labute approximate surface area is 159 Å². The van der Waals surface area contributed by atoms with Crippen LogP contribution < -0.4 is 14.8 Å². The summed E-state index contributed by atoms with van der Waals surface area (Å²) < 4.78 is 38.7. The molecule has 1 N–H and O–H groups in total. The number of hydrogen-bond acceptors (Lipinski definition) is 5. The quantitative estimate of drug-likeness (QED) is 0.688. The Morgan fingerprint density at radius 2 is 1.93 bits per heavy atom. The van der Waals surface area contributed by atoms with Crippen LogP contribution in [0, 0.1) is 0 Å². The van der Waals surface area contributed by atoms with Gasteiger partial charge in [-0.15, -0.1) is 0 Å². The van der Waals surface area contributed by atoms with Crippen molar-refractivity contribution in [2.45, 2.75) is 13.2 Å². The molecule has 0 saturated carbocycles. The van der Waals surface area contributed by atoms with E-state index in [1.807, 2.05) is 0 Å². The Hall–Kier alpha value is -2.87. The van der Waals surface area contributed by atoms with Crippen molar-refractivity contribution in [2.24, 2.45) is 0 Å². The Morgan fingerprint density at radius 1 is 1.15 bits per heavy atom. The minimum atomic E-state index is -3.03. The maximum absolute atomic E-state index is 12.3. The number of ether oxygens (including phenoxy) is 3. The summed E-state index contributed by atoms with van der Waals surface area (Å²) in [6.07, 6.45) is 0. The minimum absolute atomic E-state index is 0.0242. The highest BCUT2D eigenvalue weighted by Gasteiger charge is 2.16. The lowest BCUT2D eigenvalue weighted by Crippen LogP contribution is -2.28. The van der Waals surface area contributed by atoms with Crippen molar-refractivity contribution in [1.29, 1.82) is 0 Å². The van der Waals surface area contributed by atoms with Crippen LogP contribution in [0.25, 0.3) is 0 Å². The number of amides is 1. The van der Waals surface area contributed by atoms with Gasteiger partial charge in [0, 0.05) is 11.6 Å². The van der Waals surface area contributed by atoms with E-state index in [9.17, 15) is 18.4 Å². The van der Waals surface area contributed by atoms with Crippen molar-refractivity contribution in [3.05, 3.63) is 58.6 Å². The summed E-state index contributed by atoms with van der Waals surface area (Å²) in [6.45, 7) is -3.30. The van der Waals surface area contributed by atoms with Crippen molar-refractivity contribution >= 4 is 23.5 Å². The number of alkyl halides is 2. The van der Waals surface area contributed by atoms with Gasteiger partial charge >= 0.3 is 12.6 Å². The van der Waals surface area contributed by atoms with Gasteiger partial charge in [-0.25, -0.2) is 4.79 Å². The standard InChI is InChI=1S/C18H16ClF2NO5/c1-25-15-8-12(5-6-14(15)27-18(20)21)17(24)26-10-16(23)22-9-11-3-2-4-13(19)7-11/h2-8,18H,9-10H2,1H3,(H,22,23). The molecule has 0 atom stereocenters. The third-order valence-electron chi connectivity index (χ3n) is 3.33. The molecule has 0 heterocycles. The van der Waals surface area contributed by atoms with Crippen molar-refractivity contribution in [1.82, 2.24) is 5.32 Å². The smallest absolute Gasteiger partial charge is 0.387 e. The normalized spacial score (nSPS) is 10.4. The monoisotopic (exact) mass is 399 g/mol. The van der Waals surface area contributed by atoms with Crippen molar-refractivity contribution in [3.63, 3.8) is 0 Å². The van der Waals surface area contributed by atoms with Gasteiger partial charge in [-0.05, 0) is 35.9 Å². The molecule has 144 valence electrons. The van der Waals surface area contributed by atoms with Crippen molar-refractivity contribution in [3.8, 4) is 11.5 Å². The van der Waals surface area contributed by atoms with Crippen LogP contribution in [-0.2, 0) is 16.1 Å². The zero-order valence-electron chi connectivity index (χ0n) is 14.2. The van der Waals surface area contributed by atoms with E-state index in [1.165, 1.54) is 19.2 Å². The molecular weight excluding hydrogens is 384 g/mol. The number of esters is 1. The fraction of sp³-hybridized carbons (Fsp3) is 0.222. The summed E-state index contributed by atoms with van der Waals surface area (Å²) in [7, 11) is 1.24. The lowest BCUT2D eigenvalue weighted by atomic mass is 10.2. The summed E-state index contributed by atoms with van der Waals surface area (Å²) in [4.78, 5) is 23.8. The van der Waals surface area contributed by atoms with E-state index in [2.05, 4.69) is 10.1 Å². The average Bonchev–Trinajstić information content (AvgIpc) is 2.64. The van der Waals surface area contributed by atoms with Crippen LogP contribution in [0.15, 0.2) is 42.5 Å². The predicted molar refractivity (Wildman–Crippen MR) is 93.2 cm³/mol. The first-order valence-corrected chi connectivity index (χ1v) is 8.08. The Balaban J connectivity index is 1.88. The second kappa shape index (κ2) is 9.72. The number of carbonyl (C=O) groups is 2. The van der Waals surface area contributed by atoms with E-state index >= 15 is 0 Å². The van der Waals surface area contributed by atoms with Gasteiger partial charge in [-0.2, -0.15) is 8.78 Å². The topological polar surface area (TPSA) is 73.9 Å². The molecule has 27 heavy (non-hydrogen) atoms. The van der Waals surface area contributed by atoms with Crippen LogP contribution in [0.5, 0.6) is 11.5 Å². The summed E-state index contributed by atoms with van der Waals surface area (Å²) in [5.41, 5.74) is 0.817. The van der Waals surface area contributed by atoms with Gasteiger partial charge in [0.25, 0.3) is 5.91 Å². The number of benzene rings is 2. The molecule has 0 aliphatic carbocycles. The molecule has 0 aliphatic heterocycles. The summed E-state index contributed by atoms with van der Waals surface area (Å²) >= 11 is 5.85. The molecule has 0 aromatic heterocycles. The van der Waals surface area contributed by atoms with Crippen LogP contribution in [-0.4, -0.2) is 32.2 Å². The maximum Gasteiger partial charge on any atom is 0.387 e. The van der Waals surface area contributed by atoms with Gasteiger partial charge in [0.2, 0.25) is 0 Å². The third kappa shape index (κ3) is 6.41. The molecule has 2 aromatic carbocycles. The Kier molecular flexibility index (Phi) is 7.36. The minimum Gasteiger partial charge on any atom is -0.493 e. The second-order valence-electron chi connectivity index (χ2n) is 5.23. The lowest BCUT2D eigenvalue weighted by molar-refractivity contribution is -0.124. The highest BCUT2D eigenvalue weighted by Crippen LogP contribution is 2.29. The molecule has 0 fully saturated rings. The highest BCUT2D eigenvalue weighted by atomic mass is 35.5. The number of halogens is 3. The number of carbonyl (C=O) groups excluding carboxylic acids is 2. The number of methoxy groups -OCH3 is 1. The van der Waals surface area contributed by atoms with Crippen LogP contribution >= 0.6 is 11.6 Å². The fourth-order valence-corrected chi connectivity index (χ4v) is 2.31. The molecule has 2 rings (SSSR count). The fourth-order valence-electron chi connectivity index (χ4n) is 2.10. The van der Waals surface area contributed by atoms with Crippen molar-refractivity contribution in [2.75, 3.05) is 13.7 Å². The third-order valence-corrected chi connectivity index (χ3v) is 3.56. The average molecular weight is 400 g/mol. The summed E-state index contributed by atoms with van der Waals surface area (Å²) in [6, 6.07) is 10.5. The van der Waals surface area contributed by atoms with Gasteiger partial charge < -0.3 is 19.5 Å². The van der Waals surface area contributed by atoms with Gasteiger partial charge in [0.1, 0.15) is 0 Å². The molecule has 0 aliphatic rings. The number of nitrogens with one attached hydrogen (secondary N) is 1. The first-order chi connectivity index (χ1) is 12.9. The lowest BCUT2D eigenvalue weighted by Gasteiger charge is -2.11. The van der Waals surface area contributed by atoms with E-state index in [4.69, 9.17) is 21.1 Å². The molecule has 9 heteroatoms. The molecule has 0 bridgehead atoms. The zero-order chi connectivity index (χ0) is 19.8. The number of hydrogen-bond donors (Lipinski definition) is 1. The predicted octanol–water partition coefficient (Wildman–Crippen LogP) is 3.42. The van der Waals surface area contributed by atoms with E-state index in [-0.39, 0.29) is 23.6 Å². The first kappa shape index (κ1) is 20.4. The van der Waals surface area contributed by atoms with Crippen LogP contribution in [0.4, 0.5) is 8.78 Å². The van der Waals surface area contributed by atoms with Gasteiger partial charge in [-0.3, -0.25) is 4.79 Å². The Morgan fingerprint density at radius 3 is 2.59 bits per heavy atom. The summed E-state index contributed by atoms with van der Waals surface area (Å²) in [5.74, 6) is -1.60. The van der Waals surface area contributed by atoms with E-state index < -0.39 is 25.1 Å². The molecule has 0 saturated heterocycles. The highest BCUT2D eigenvalue weighted by molar-refractivity contribution is 6.30.